The van der Waals surface area contributed by atoms with Crippen LogP contribution in [-0.2, 0) is 9.16 Å². The van der Waals surface area contributed by atoms with Gasteiger partial charge in [0, 0.05) is 26.5 Å². The molecule has 0 aliphatic carbocycles. The summed E-state index contributed by atoms with van der Waals surface area (Å²) < 4.78 is 11.4. The standard InChI is InChI=1S/C17H36N2O2Si/c1-17(2,3)22(5,6)21-14-9-7-8-12-18-19-13-10-11-16(19)15-20-4/h12,16H,7-11,13-15H2,1-6H3/b18-12+/t16-/m0/s1. The van der Waals surface area contributed by atoms with Gasteiger partial charge in [-0.05, 0) is 50.2 Å². The lowest BCUT2D eigenvalue weighted by Gasteiger charge is -2.36. The van der Waals surface area contributed by atoms with Gasteiger partial charge in [0.2, 0.25) is 0 Å². The molecule has 1 aliphatic rings. The molecule has 0 radical (unpaired) electrons. The first-order valence-electron chi connectivity index (χ1n) is 8.70. The van der Waals surface area contributed by atoms with Gasteiger partial charge < -0.3 is 9.16 Å². The number of hydrazone groups is 1. The van der Waals surface area contributed by atoms with Crippen LogP contribution < -0.4 is 0 Å². The van der Waals surface area contributed by atoms with Crippen molar-refractivity contribution in [3.05, 3.63) is 0 Å². The van der Waals surface area contributed by atoms with E-state index in [0.717, 1.165) is 39.0 Å². The van der Waals surface area contributed by atoms with E-state index in [2.05, 4.69) is 50.2 Å². The van der Waals surface area contributed by atoms with Gasteiger partial charge in [0.15, 0.2) is 8.32 Å². The first kappa shape index (κ1) is 19.7. The van der Waals surface area contributed by atoms with Crippen molar-refractivity contribution in [1.82, 2.24) is 5.01 Å². The Hall–Kier alpha value is -0.393. The van der Waals surface area contributed by atoms with Crippen molar-refractivity contribution in [1.29, 1.82) is 0 Å². The van der Waals surface area contributed by atoms with E-state index in [1.54, 1.807) is 7.11 Å². The molecule has 5 heteroatoms. The van der Waals surface area contributed by atoms with Gasteiger partial charge in [0.25, 0.3) is 0 Å². The zero-order chi connectivity index (χ0) is 16.6. The zero-order valence-electron chi connectivity index (χ0n) is 15.5. The first-order valence-corrected chi connectivity index (χ1v) is 11.6. The third kappa shape index (κ3) is 6.38. The average Bonchev–Trinajstić information content (AvgIpc) is 2.84. The Morgan fingerprint density at radius 3 is 2.64 bits per heavy atom. The van der Waals surface area contributed by atoms with Crippen LogP contribution in [0.2, 0.25) is 18.1 Å². The van der Waals surface area contributed by atoms with Crippen molar-refractivity contribution in [2.75, 3.05) is 26.9 Å². The molecule has 130 valence electrons. The molecule has 1 atom stereocenters. The molecule has 0 unspecified atom stereocenters. The van der Waals surface area contributed by atoms with E-state index in [0.29, 0.717) is 11.1 Å². The van der Waals surface area contributed by atoms with E-state index in [4.69, 9.17) is 9.16 Å². The maximum Gasteiger partial charge on any atom is 0.191 e. The second-order valence-electron chi connectivity index (χ2n) is 7.82. The molecule has 0 aromatic rings. The van der Waals surface area contributed by atoms with Gasteiger partial charge >= 0.3 is 0 Å². The molecule has 4 nitrogen and oxygen atoms in total. The van der Waals surface area contributed by atoms with E-state index in [9.17, 15) is 0 Å². The highest BCUT2D eigenvalue weighted by Gasteiger charge is 2.36. The summed E-state index contributed by atoms with van der Waals surface area (Å²) >= 11 is 0. The molecule has 0 N–H and O–H groups in total. The molecule has 22 heavy (non-hydrogen) atoms. The molecule has 0 spiro atoms. The number of hydrogen-bond donors (Lipinski definition) is 0. The van der Waals surface area contributed by atoms with E-state index in [1.807, 2.05) is 0 Å². The highest BCUT2D eigenvalue weighted by molar-refractivity contribution is 6.74. The van der Waals surface area contributed by atoms with Crippen LogP contribution in [0.1, 0.15) is 52.9 Å². The molecule has 1 aliphatic heterocycles. The van der Waals surface area contributed by atoms with E-state index in [1.165, 1.54) is 12.8 Å². The van der Waals surface area contributed by atoms with E-state index < -0.39 is 8.32 Å². The lowest BCUT2D eigenvalue weighted by Crippen LogP contribution is -2.40. The fraction of sp³-hybridized carbons (Fsp3) is 0.941. The number of unbranched alkanes of at least 4 members (excludes halogenated alkanes) is 2. The summed E-state index contributed by atoms with van der Waals surface area (Å²) in [6.45, 7) is 14.3. The van der Waals surface area contributed by atoms with Crippen LogP contribution in [0.15, 0.2) is 5.10 Å². The fourth-order valence-electron chi connectivity index (χ4n) is 2.38. The van der Waals surface area contributed by atoms with Crippen LogP contribution in [0.4, 0.5) is 0 Å². The summed E-state index contributed by atoms with van der Waals surface area (Å²) in [4.78, 5) is 0. The minimum Gasteiger partial charge on any atom is -0.417 e. The van der Waals surface area contributed by atoms with Crippen LogP contribution in [0.3, 0.4) is 0 Å². The molecule has 1 rings (SSSR count). The van der Waals surface area contributed by atoms with Crippen molar-refractivity contribution in [2.24, 2.45) is 5.10 Å². The second-order valence-corrected chi connectivity index (χ2v) is 12.6. The van der Waals surface area contributed by atoms with Gasteiger partial charge in [0.05, 0.1) is 12.6 Å². The van der Waals surface area contributed by atoms with Crippen molar-refractivity contribution < 1.29 is 9.16 Å². The smallest absolute Gasteiger partial charge is 0.191 e. The maximum atomic E-state index is 6.19. The lowest BCUT2D eigenvalue weighted by molar-refractivity contribution is 0.118. The molecule has 1 heterocycles. The fourth-order valence-corrected chi connectivity index (χ4v) is 3.47. The minimum absolute atomic E-state index is 0.306. The number of rotatable bonds is 9. The number of methoxy groups -OCH3 is 1. The minimum atomic E-state index is -1.57. The molecule has 0 bridgehead atoms. The van der Waals surface area contributed by atoms with Crippen LogP contribution in [-0.4, -0.2) is 52.5 Å². The average molecular weight is 329 g/mol. The predicted molar refractivity (Wildman–Crippen MR) is 97.1 cm³/mol. The highest BCUT2D eigenvalue weighted by atomic mass is 28.4. The Balaban J connectivity index is 2.14. The molecule has 0 aromatic heterocycles. The van der Waals surface area contributed by atoms with Crippen LogP contribution in [0.5, 0.6) is 0 Å². The molecule has 1 saturated heterocycles. The van der Waals surface area contributed by atoms with Gasteiger partial charge in [-0.3, -0.25) is 5.01 Å². The first-order chi connectivity index (χ1) is 10.3. The predicted octanol–water partition coefficient (Wildman–Crippen LogP) is 4.28. The van der Waals surface area contributed by atoms with Gasteiger partial charge in [0.1, 0.15) is 0 Å². The van der Waals surface area contributed by atoms with Crippen molar-refractivity contribution in [2.45, 2.75) is 77.0 Å². The SMILES string of the molecule is COC[C@@H]1CCCN1/N=C/CCCCO[Si](C)(C)C(C)(C)C. The molecular formula is C17H36N2O2Si. The Morgan fingerprint density at radius 2 is 2.00 bits per heavy atom. The topological polar surface area (TPSA) is 34.1 Å². The highest BCUT2D eigenvalue weighted by Crippen LogP contribution is 2.36. The monoisotopic (exact) mass is 328 g/mol. The van der Waals surface area contributed by atoms with Gasteiger partial charge in [-0.25, -0.2) is 0 Å². The van der Waals surface area contributed by atoms with E-state index >= 15 is 0 Å². The number of ether oxygens (including phenoxy) is 1. The van der Waals surface area contributed by atoms with Crippen molar-refractivity contribution in [3.63, 3.8) is 0 Å². The van der Waals surface area contributed by atoms with Crippen LogP contribution in [0.25, 0.3) is 0 Å². The number of hydrogen-bond acceptors (Lipinski definition) is 4. The van der Waals surface area contributed by atoms with Crippen molar-refractivity contribution >= 4 is 14.5 Å². The molecular weight excluding hydrogens is 292 g/mol. The Labute approximate surface area is 138 Å². The normalized spacial score (nSPS) is 20.3. The second kappa shape index (κ2) is 9.04. The van der Waals surface area contributed by atoms with Crippen LogP contribution in [0, 0.1) is 0 Å². The molecule has 0 amide bonds. The molecule has 0 saturated carbocycles. The summed E-state index contributed by atoms with van der Waals surface area (Å²) in [5.74, 6) is 0. The quantitative estimate of drug-likeness (QED) is 0.360. The lowest BCUT2D eigenvalue weighted by atomic mass is 10.2. The summed E-state index contributed by atoms with van der Waals surface area (Å²) in [6, 6.07) is 0.475. The van der Waals surface area contributed by atoms with Crippen molar-refractivity contribution in [3.8, 4) is 0 Å². The third-order valence-electron chi connectivity index (χ3n) is 4.93. The Bertz CT molecular complexity index is 340. The van der Waals surface area contributed by atoms with Gasteiger partial charge in [-0.1, -0.05) is 20.8 Å². The third-order valence-corrected chi connectivity index (χ3v) is 9.47. The molecule has 0 aromatic carbocycles. The Kier molecular flexibility index (Phi) is 8.07. The summed E-state index contributed by atoms with van der Waals surface area (Å²) in [7, 11) is 0.198. The summed E-state index contributed by atoms with van der Waals surface area (Å²) in [5.41, 5.74) is 0. The van der Waals surface area contributed by atoms with Gasteiger partial charge in [-0.2, -0.15) is 5.10 Å². The zero-order valence-corrected chi connectivity index (χ0v) is 16.5. The summed E-state index contributed by atoms with van der Waals surface area (Å²) in [6.07, 6.45) is 7.82. The van der Waals surface area contributed by atoms with E-state index in [-0.39, 0.29) is 0 Å². The summed E-state index contributed by atoms with van der Waals surface area (Å²) in [5, 5.41) is 7.10. The van der Waals surface area contributed by atoms with Gasteiger partial charge in [-0.15, -0.1) is 0 Å². The maximum absolute atomic E-state index is 6.19. The number of nitrogens with zero attached hydrogens (tertiary/aromatic N) is 2. The van der Waals surface area contributed by atoms with Crippen LogP contribution >= 0.6 is 0 Å². The largest absolute Gasteiger partial charge is 0.417 e. The molecule has 1 fully saturated rings. The Morgan fingerprint density at radius 1 is 1.27 bits per heavy atom.